The molecule has 5 nitrogen and oxygen atoms in total. The first kappa shape index (κ1) is 18.1. The van der Waals surface area contributed by atoms with E-state index < -0.39 is 30.7 Å². The Balaban J connectivity index is 1.84. The summed E-state index contributed by atoms with van der Waals surface area (Å²) < 4.78 is 37.1. The zero-order valence-corrected chi connectivity index (χ0v) is 13.3. The van der Waals surface area contributed by atoms with Crippen molar-refractivity contribution in [2.45, 2.75) is 38.5 Å². The fourth-order valence-corrected chi connectivity index (χ4v) is 2.71. The fraction of sp³-hybridized carbons (Fsp3) is 0.500. The standard InChI is InChI=1S/C16H20F3N3O2/c1-2-11-5-3-4-6-12(11)9-20-15(24)21-13-7-8-22(14(13)23)10-16(17,18)19/h3-6,13H,2,7-10H2,1H3,(H2,20,21,24)/t13-/m0/s1. The van der Waals surface area contributed by atoms with Gasteiger partial charge in [-0.05, 0) is 24.0 Å². The molecule has 1 heterocycles. The van der Waals surface area contributed by atoms with E-state index in [0.717, 1.165) is 22.4 Å². The number of alkyl halides is 3. The van der Waals surface area contributed by atoms with E-state index in [0.29, 0.717) is 6.54 Å². The smallest absolute Gasteiger partial charge is 0.334 e. The summed E-state index contributed by atoms with van der Waals surface area (Å²) in [5, 5.41) is 5.08. The Morgan fingerprint density at radius 3 is 2.58 bits per heavy atom. The van der Waals surface area contributed by atoms with Crippen LogP contribution in [0.5, 0.6) is 0 Å². The second kappa shape index (κ2) is 7.55. The molecule has 0 aromatic heterocycles. The molecular formula is C16H20F3N3O2. The number of nitrogens with one attached hydrogen (secondary N) is 2. The lowest BCUT2D eigenvalue weighted by molar-refractivity contribution is -0.157. The summed E-state index contributed by atoms with van der Waals surface area (Å²) in [5.41, 5.74) is 2.07. The van der Waals surface area contributed by atoms with Gasteiger partial charge in [0.25, 0.3) is 0 Å². The normalized spacial score (nSPS) is 17.9. The second-order valence-electron chi connectivity index (χ2n) is 5.67. The Morgan fingerprint density at radius 2 is 1.96 bits per heavy atom. The lowest BCUT2D eigenvalue weighted by atomic mass is 10.1. The molecule has 1 atom stereocenters. The average molecular weight is 343 g/mol. The number of rotatable bonds is 5. The maximum Gasteiger partial charge on any atom is 0.406 e. The summed E-state index contributed by atoms with van der Waals surface area (Å²) in [6.45, 7) is 1.01. The van der Waals surface area contributed by atoms with Crippen LogP contribution < -0.4 is 10.6 Å². The van der Waals surface area contributed by atoms with E-state index in [9.17, 15) is 22.8 Å². The molecule has 2 rings (SSSR count). The zero-order valence-electron chi connectivity index (χ0n) is 13.3. The molecule has 1 aromatic rings. The summed E-state index contributed by atoms with van der Waals surface area (Å²) >= 11 is 0. The molecule has 132 valence electrons. The Morgan fingerprint density at radius 1 is 1.29 bits per heavy atom. The number of urea groups is 1. The molecule has 1 aliphatic heterocycles. The maximum atomic E-state index is 12.4. The first-order chi connectivity index (χ1) is 11.3. The van der Waals surface area contributed by atoms with Crippen molar-refractivity contribution in [3.63, 3.8) is 0 Å². The van der Waals surface area contributed by atoms with Gasteiger partial charge < -0.3 is 15.5 Å². The highest BCUT2D eigenvalue weighted by atomic mass is 19.4. The molecular weight excluding hydrogens is 323 g/mol. The SMILES string of the molecule is CCc1ccccc1CNC(=O)N[C@H]1CCN(CC(F)(F)F)C1=O. The van der Waals surface area contributed by atoms with Gasteiger partial charge in [-0.15, -0.1) is 0 Å². The first-order valence-electron chi connectivity index (χ1n) is 7.77. The molecule has 1 saturated heterocycles. The van der Waals surface area contributed by atoms with Gasteiger partial charge in [0.15, 0.2) is 0 Å². The predicted octanol–water partition coefficient (Wildman–Crippen LogP) is 2.21. The summed E-state index contributed by atoms with van der Waals surface area (Å²) in [7, 11) is 0. The quantitative estimate of drug-likeness (QED) is 0.861. The molecule has 0 radical (unpaired) electrons. The predicted molar refractivity (Wildman–Crippen MR) is 82.2 cm³/mol. The van der Waals surface area contributed by atoms with Gasteiger partial charge in [0.05, 0.1) is 0 Å². The monoisotopic (exact) mass is 343 g/mol. The molecule has 3 amide bonds. The molecule has 0 bridgehead atoms. The van der Waals surface area contributed by atoms with Gasteiger partial charge in [-0.3, -0.25) is 4.79 Å². The number of hydrogen-bond acceptors (Lipinski definition) is 2. The minimum absolute atomic E-state index is 0.0119. The lowest BCUT2D eigenvalue weighted by Gasteiger charge is -2.19. The van der Waals surface area contributed by atoms with Gasteiger partial charge in [0.1, 0.15) is 12.6 Å². The van der Waals surface area contributed by atoms with Gasteiger partial charge in [0, 0.05) is 13.1 Å². The first-order valence-corrected chi connectivity index (χ1v) is 7.77. The molecule has 8 heteroatoms. The van der Waals surface area contributed by atoms with Crippen LogP contribution in [0.15, 0.2) is 24.3 Å². The molecule has 0 unspecified atom stereocenters. The highest BCUT2D eigenvalue weighted by Crippen LogP contribution is 2.20. The topological polar surface area (TPSA) is 61.4 Å². The van der Waals surface area contributed by atoms with E-state index >= 15 is 0 Å². The number of likely N-dealkylation sites (tertiary alicyclic amines) is 1. The van der Waals surface area contributed by atoms with E-state index in [2.05, 4.69) is 10.6 Å². The summed E-state index contributed by atoms with van der Waals surface area (Å²) in [6.07, 6.45) is -3.43. The molecule has 0 saturated carbocycles. The van der Waals surface area contributed by atoms with Crippen molar-refractivity contribution in [3.05, 3.63) is 35.4 Å². The third-order valence-electron chi connectivity index (χ3n) is 3.91. The molecule has 24 heavy (non-hydrogen) atoms. The van der Waals surface area contributed by atoms with Crippen molar-refractivity contribution in [1.82, 2.24) is 15.5 Å². The molecule has 1 fully saturated rings. The maximum absolute atomic E-state index is 12.4. The van der Waals surface area contributed by atoms with Gasteiger partial charge in [-0.2, -0.15) is 13.2 Å². The molecule has 1 aromatic carbocycles. The van der Waals surface area contributed by atoms with Gasteiger partial charge >= 0.3 is 12.2 Å². The number of amides is 3. The number of halogens is 3. The summed E-state index contributed by atoms with van der Waals surface area (Å²) in [5.74, 6) is -0.698. The number of hydrogen-bond donors (Lipinski definition) is 2. The van der Waals surface area contributed by atoms with Crippen molar-refractivity contribution in [1.29, 1.82) is 0 Å². The third kappa shape index (κ3) is 4.87. The number of carbonyl (C=O) groups excluding carboxylic acids is 2. The van der Waals surface area contributed by atoms with Crippen molar-refractivity contribution >= 4 is 11.9 Å². The van der Waals surface area contributed by atoms with Crippen molar-refractivity contribution in [2.24, 2.45) is 0 Å². The zero-order chi connectivity index (χ0) is 17.7. The third-order valence-corrected chi connectivity index (χ3v) is 3.91. The Hall–Kier alpha value is -2.25. The second-order valence-corrected chi connectivity index (χ2v) is 5.67. The minimum atomic E-state index is -4.43. The van der Waals surface area contributed by atoms with Crippen LogP contribution in [0.2, 0.25) is 0 Å². The van der Waals surface area contributed by atoms with Crippen LogP contribution in [0.1, 0.15) is 24.5 Å². The van der Waals surface area contributed by atoms with Crippen LogP contribution in [0.25, 0.3) is 0 Å². The van der Waals surface area contributed by atoms with Crippen LogP contribution in [-0.4, -0.2) is 42.1 Å². The number of aryl methyl sites for hydroxylation is 1. The van der Waals surface area contributed by atoms with Crippen LogP contribution in [0.4, 0.5) is 18.0 Å². The van der Waals surface area contributed by atoms with Crippen molar-refractivity contribution < 1.29 is 22.8 Å². The van der Waals surface area contributed by atoms with Gasteiger partial charge in [-0.25, -0.2) is 4.79 Å². The van der Waals surface area contributed by atoms with Gasteiger partial charge in [0.2, 0.25) is 5.91 Å². The summed E-state index contributed by atoms with van der Waals surface area (Å²) in [6, 6.07) is 6.16. The van der Waals surface area contributed by atoms with Crippen LogP contribution >= 0.6 is 0 Å². The largest absolute Gasteiger partial charge is 0.406 e. The number of nitrogens with zero attached hydrogens (tertiary/aromatic N) is 1. The highest BCUT2D eigenvalue weighted by Gasteiger charge is 2.39. The van der Waals surface area contributed by atoms with E-state index in [1.165, 1.54) is 0 Å². The number of benzene rings is 1. The Bertz CT molecular complexity index is 604. The van der Waals surface area contributed by atoms with E-state index in [1.807, 2.05) is 31.2 Å². The molecule has 0 aliphatic carbocycles. The Kier molecular flexibility index (Phi) is 5.69. The van der Waals surface area contributed by atoms with Crippen LogP contribution in [-0.2, 0) is 17.8 Å². The van der Waals surface area contributed by atoms with Crippen molar-refractivity contribution in [2.75, 3.05) is 13.1 Å². The molecule has 1 aliphatic rings. The average Bonchev–Trinajstić information content (AvgIpc) is 2.84. The summed E-state index contributed by atoms with van der Waals surface area (Å²) in [4.78, 5) is 24.5. The van der Waals surface area contributed by atoms with Crippen LogP contribution in [0.3, 0.4) is 0 Å². The molecule has 0 spiro atoms. The Labute approximate surface area is 138 Å². The number of carbonyl (C=O) groups is 2. The van der Waals surface area contributed by atoms with Crippen LogP contribution in [0, 0.1) is 0 Å². The van der Waals surface area contributed by atoms with Gasteiger partial charge in [-0.1, -0.05) is 31.2 Å². The lowest BCUT2D eigenvalue weighted by Crippen LogP contribution is -2.47. The fourth-order valence-electron chi connectivity index (χ4n) is 2.71. The van der Waals surface area contributed by atoms with E-state index in [1.54, 1.807) is 0 Å². The van der Waals surface area contributed by atoms with Crippen molar-refractivity contribution in [3.8, 4) is 0 Å². The highest BCUT2D eigenvalue weighted by molar-refractivity contribution is 5.88. The van der Waals surface area contributed by atoms with E-state index in [-0.39, 0.29) is 13.0 Å². The molecule has 2 N–H and O–H groups in total. The minimum Gasteiger partial charge on any atom is -0.334 e. The van der Waals surface area contributed by atoms with E-state index in [4.69, 9.17) is 0 Å².